The predicted molar refractivity (Wildman–Crippen MR) is 115 cm³/mol. The molecule has 0 radical (unpaired) electrons. The Kier molecular flexibility index (Phi) is 5.35. The molecule has 0 aliphatic heterocycles. The lowest BCUT2D eigenvalue weighted by molar-refractivity contribution is 0.938. The first-order valence-corrected chi connectivity index (χ1v) is 9.50. The van der Waals surface area contributed by atoms with Crippen molar-refractivity contribution in [1.29, 1.82) is 0 Å². The number of nitrogens with one attached hydrogen (secondary N) is 1. The van der Waals surface area contributed by atoms with E-state index in [9.17, 15) is 0 Å². The molecule has 2 aromatic heterocycles. The van der Waals surface area contributed by atoms with Crippen molar-refractivity contribution < 1.29 is 0 Å². The Balaban J connectivity index is 1.54. The van der Waals surface area contributed by atoms with Crippen LogP contribution in [0, 0.1) is 6.92 Å². The Hall–Kier alpha value is -3.18. The molecule has 0 saturated heterocycles. The van der Waals surface area contributed by atoms with Crippen molar-refractivity contribution in [3.8, 4) is 0 Å². The van der Waals surface area contributed by atoms with Gasteiger partial charge in [-0.2, -0.15) is 5.10 Å². The number of nitrogens with zero attached hydrogens (tertiary/aromatic N) is 4. The molecule has 0 amide bonds. The molecule has 0 atom stereocenters. The van der Waals surface area contributed by atoms with Crippen molar-refractivity contribution in [3.05, 3.63) is 82.8 Å². The predicted octanol–water partition coefficient (Wildman–Crippen LogP) is 5.07. The number of aryl methyl sites for hydroxylation is 1. The van der Waals surface area contributed by atoms with Crippen molar-refractivity contribution in [1.82, 2.24) is 19.7 Å². The van der Waals surface area contributed by atoms with E-state index in [1.165, 1.54) is 5.56 Å². The van der Waals surface area contributed by atoms with Crippen molar-refractivity contribution >= 4 is 40.7 Å². The molecule has 2 aromatic carbocycles. The first kappa shape index (κ1) is 18.2. The van der Waals surface area contributed by atoms with Crippen molar-refractivity contribution in [2.24, 2.45) is 0 Å². The minimum atomic E-state index is 0.701. The van der Waals surface area contributed by atoms with E-state index < -0.39 is 0 Å². The SMILES string of the molecule is Cc1nc(NCCc2cccc(Cl)c2)c2cnn(/C=C/c3ccccc3)c2n1. The standard InChI is InChI=1S/C22H20ClN5/c1-16-26-21(24-12-10-18-8-5-9-19(23)14-18)20-15-25-28(22(20)27-16)13-11-17-6-3-2-4-7-17/h2-9,11,13-15H,10,12H2,1H3,(H,24,26,27)/b13-11+. The van der Waals surface area contributed by atoms with Crippen molar-refractivity contribution in [2.75, 3.05) is 11.9 Å². The van der Waals surface area contributed by atoms with E-state index in [-0.39, 0.29) is 0 Å². The van der Waals surface area contributed by atoms with Crippen LogP contribution in [-0.2, 0) is 6.42 Å². The van der Waals surface area contributed by atoms with Gasteiger partial charge < -0.3 is 5.32 Å². The maximum atomic E-state index is 6.06. The maximum Gasteiger partial charge on any atom is 0.167 e. The van der Waals surface area contributed by atoms with Crippen LogP contribution in [0.5, 0.6) is 0 Å². The number of fused-ring (bicyclic) bond motifs is 1. The largest absolute Gasteiger partial charge is 0.369 e. The molecule has 0 unspecified atom stereocenters. The van der Waals surface area contributed by atoms with Gasteiger partial charge in [-0.15, -0.1) is 0 Å². The van der Waals surface area contributed by atoms with E-state index in [1.54, 1.807) is 10.9 Å². The zero-order chi connectivity index (χ0) is 19.3. The molecule has 4 aromatic rings. The van der Waals surface area contributed by atoms with Crippen molar-refractivity contribution in [2.45, 2.75) is 13.3 Å². The lowest BCUT2D eigenvalue weighted by atomic mass is 10.1. The molecule has 0 saturated carbocycles. The van der Waals surface area contributed by atoms with Gasteiger partial charge in [-0.3, -0.25) is 0 Å². The normalized spacial score (nSPS) is 11.4. The highest BCUT2D eigenvalue weighted by Crippen LogP contribution is 2.21. The van der Waals surface area contributed by atoms with Gasteiger partial charge in [-0.1, -0.05) is 54.1 Å². The lowest BCUT2D eigenvalue weighted by Gasteiger charge is -2.08. The number of rotatable bonds is 6. The molecule has 0 aliphatic carbocycles. The molecular weight excluding hydrogens is 370 g/mol. The summed E-state index contributed by atoms with van der Waals surface area (Å²) in [6, 6.07) is 18.0. The zero-order valence-electron chi connectivity index (χ0n) is 15.5. The van der Waals surface area contributed by atoms with Gasteiger partial charge in [0.15, 0.2) is 5.65 Å². The molecule has 2 heterocycles. The van der Waals surface area contributed by atoms with Crippen LogP contribution in [0.3, 0.4) is 0 Å². The monoisotopic (exact) mass is 389 g/mol. The number of halogens is 1. The van der Waals surface area contributed by atoms with Crippen LogP contribution in [0.15, 0.2) is 60.8 Å². The number of benzene rings is 2. The highest BCUT2D eigenvalue weighted by molar-refractivity contribution is 6.30. The number of anilines is 1. The van der Waals surface area contributed by atoms with E-state index >= 15 is 0 Å². The van der Waals surface area contributed by atoms with Crippen LogP contribution in [0.1, 0.15) is 17.0 Å². The van der Waals surface area contributed by atoms with Crippen LogP contribution in [-0.4, -0.2) is 26.3 Å². The molecule has 140 valence electrons. The van der Waals surface area contributed by atoms with E-state index in [2.05, 4.69) is 26.4 Å². The Bertz CT molecular complexity index is 1120. The average Bonchev–Trinajstić information content (AvgIpc) is 3.10. The van der Waals surface area contributed by atoms with Gasteiger partial charge in [0.25, 0.3) is 0 Å². The summed E-state index contributed by atoms with van der Waals surface area (Å²) in [7, 11) is 0. The Morgan fingerprint density at radius 3 is 2.75 bits per heavy atom. The zero-order valence-corrected chi connectivity index (χ0v) is 16.3. The second-order valence-corrected chi connectivity index (χ2v) is 6.92. The van der Waals surface area contributed by atoms with E-state index in [0.29, 0.717) is 5.82 Å². The molecule has 0 fully saturated rings. The van der Waals surface area contributed by atoms with E-state index in [0.717, 1.165) is 40.4 Å². The maximum absolute atomic E-state index is 6.06. The summed E-state index contributed by atoms with van der Waals surface area (Å²) in [5, 5.41) is 9.52. The third-order valence-corrected chi connectivity index (χ3v) is 4.60. The number of aromatic nitrogens is 4. The first-order valence-electron chi connectivity index (χ1n) is 9.12. The summed E-state index contributed by atoms with van der Waals surface area (Å²) >= 11 is 6.06. The van der Waals surface area contributed by atoms with Gasteiger partial charge in [0.05, 0.1) is 11.6 Å². The molecule has 5 nitrogen and oxygen atoms in total. The highest BCUT2D eigenvalue weighted by atomic mass is 35.5. The third-order valence-electron chi connectivity index (χ3n) is 4.37. The molecule has 1 N–H and O–H groups in total. The molecule has 4 rings (SSSR count). The van der Waals surface area contributed by atoms with Crippen LogP contribution in [0.4, 0.5) is 5.82 Å². The Morgan fingerprint density at radius 2 is 1.93 bits per heavy atom. The van der Waals surface area contributed by atoms with Gasteiger partial charge in [0.1, 0.15) is 11.6 Å². The second-order valence-electron chi connectivity index (χ2n) is 6.48. The molecular formula is C22H20ClN5. The number of hydrogen-bond donors (Lipinski definition) is 1. The average molecular weight is 390 g/mol. The minimum absolute atomic E-state index is 0.701. The lowest BCUT2D eigenvalue weighted by Crippen LogP contribution is -2.08. The minimum Gasteiger partial charge on any atom is -0.369 e. The van der Waals surface area contributed by atoms with Gasteiger partial charge in [0, 0.05) is 17.8 Å². The van der Waals surface area contributed by atoms with Gasteiger partial charge in [-0.25, -0.2) is 14.6 Å². The highest BCUT2D eigenvalue weighted by Gasteiger charge is 2.10. The summed E-state index contributed by atoms with van der Waals surface area (Å²) in [4.78, 5) is 9.12. The molecule has 0 spiro atoms. The van der Waals surface area contributed by atoms with E-state index in [1.807, 2.05) is 67.7 Å². The van der Waals surface area contributed by atoms with Crippen LogP contribution in [0.25, 0.3) is 23.3 Å². The van der Waals surface area contributed by atoms with Gasteiger partial charge in [0.2, 0.25) is 0 Å². The summed E-state index contributed by atoms with van der Waals surface area (Å²) in [6.45, 7) is 2.64. The fraction of sp³-hybridized carbons (Fsp3) is 0.136. The van der Waals surface area contributed by atoms with Crippen LogP contribution >= 0.6 is 11.6 Å². The first-order chi connectivity index (χ1) is 13.7. The fourth-order valence-corrected chi connectivity index (χ4v) is 3.23. The summed E-state index contributed by atoms with van der Waals surface area (Å²) in [5.74, 6) is 1.50. The molecule has 6 heteroatoms. The van der Waals surface area contributed by atoms with Crippen LogP contribution in [0.2, 0.25) is 5.02 Å². The summed E-state index contributed by atoms with van der Waals surface area (Å²) < 4.78 is 1.78. The number of hydrogen-bond acceptors (Lipinski definition) is 4. The molecule has 0 bridgehead atoms. The van der Waals surface area contributed by atoms with Gasteiger partial charge in [-0.05, 0) is 42.7 Å². The van der Waals surface area contributed by atoms with Gasteiger partial charge >= 0.3 is 0 Å². The second kappa shape index (κ2) is 8.23. The Morgan fingerprint density at radius 1 is 1.07 bits per heavy atom. The van der Waals surface area contributed by atoms with E-state index in [4.69, 9.17) is 11.6 Å². The smallest absolute Gasteiger partial charge is 0.167 e. The van der Waals surface area contributed by atoms with Crippen molar-refractivity contribution in [3.63, 3.8) is 0 Å². The topological polar surface area (TPSA) is 55.6 Å². The molecule has 0 aliphatic rings. The quantitative estimate of drug-likeness (QED) is 0.500. The summed E-state index contributed by atoms with van der Waals surface area (Å²) in [6.07, 6.45) is 6.58. The Labute approximate surface area is 168 Å². The molecule has 28 heavy (non-hydrogen) atoms. The van der Waals surface area contributed by atoms with Crippen LogP contribution < -0.4 is 5.32 Å². The fourth-order valence-electron chi connectivity index (χ4n) is 3.02. The third kappa shape index (κ3) is 4.21. The summed E-state index contributed by atoms with van der Waals surface area (Å²) in [5.41, 5.74) is 3.07.